The predicted molar refractivity (Wildman–Crippen MR) is 68.9 cm³/mol. The van der Waals surface area contributed by atoms with Crippen LogP contribution in [0.25, 0.3) is 0 Å². The van der Waals surface area contributed by atoms with Gasteiger partial charge in [0.1, 0.15) is 0 Å². The number of aryl methyl sites for hydroxylation is 1. The van der Waals surface area contributed by atoms with E-state index in [1.54, 1.807) is 18.9 Å². The van der Waals surface area contributed by atoms with E-state index in [4.69, 9.17) is 10.5 Å². The number of hydrogen-bond donors (Lipinski definition) is 1. The van der Waals surface area contributed by atoms with E-state index < -0.39 is 0 Å². The van der Waals surface area contributed by atoms with Crippen molar-refractivity contribution < 1.29 is 4.74 Å². The van der Waals surface area contributed by atoms with Crippen molar-refractivity contribution in [3.05, 3.63) is 23.4 Å². The van der Waals surface area contributed by atoms with Crippen molar-refractivity contribution in [1.82, 2.24) is 4.98 Å². The van der Waals surface area contributed by atoms with Crippen molar-refractivity contribution >= 4 is 11.8 Å². The molecule has 0 fully saturated rings. The molecule has 0 aliphatic rings. The van der Waals surface area contributed by atoms with E-state index in [-0.39, 0.29) is 0 Å². The predicted octanol–water partition coefficient (Wildman–Crippen LogP) is 2.02. The molecule has 0 bridgehead atoms. The molecule has 3 nitrogen and oxygen atoms in total. The van der Waals surface area contributed by atoms with E-state index in [2.05, 4.69) is 18.0 Å². The normalized spacial score (nSPS) is 10.7. The number of aromatic nitrogens is 1. The molecule has 90 valence electrons. The quantitative estimate of drug-likeness (QED) is 0.585. The maximum atomic E-state index is 5.52. The molecule has 0 amide bonds. The van der Waals surface area contributed by atoms with Gasteiger partial charge in [-0.15, -0.1) is 11.8 Å². The molecule has 1 heterocycles. The average molecular weight is 240 g/mol. The van der Waals surface area contributed by atoms with E-state index in [0.29, 0.717) is 6.54 Å². The molecule has 0 saturated heterocycles. The first-order valence-corrected chi connectivity index (χ1v) is 6.53. The van der Waals surface area contributed by atoms with Gasteiger partial charge in [0.05, 0.1) is 5.03 Å². The number of pyridine rings is 1. The summed E-state index contributed by atoms with van der Waals surface area (Å²) in [5.41, 5.74) is 7.98. The van der Waals surface area contributed by atoms with Gasteiger partial charge in [-0.05, 0) is 37.4 Å². The number of thioether (sulfide) groups is 1. The first-order valence-electron chi connectivity index (χ1n) is 5.55. The standard InChI is InChI=1S/C12H20N2OS/c1-10-8-11(4-5-13)9-14-12(10)16-7-3-6-15-2/h8-9H,3-7,13H2,1-2H3. The second-order valence-electron chi connectivity index (χ2n) is 3.70. The Morgan fingerprint density at radius 2 is 2.31 bits per heavy atom. The highest BCUT2D eigenvalue weighted by Crippen LogP contribution is 2.21. The zero-order chi connectivity index (χ0) is 11.8. The summed E-state index contributed by atoms with van der Waals surface area (Å²) in [7, 11) is 1.73. The van der Waals surface area contributed by atoms with Gasteiger partial charge in [0, 0.05) is 25.7 Å². The van der Waals surface area contributed by atoms with Crippen LogP contribution in [0.2, 0.25) is 0 Å². The van der Waals surface area contributed by atoms with Gasteiger partial charge in [0.2, 0.25) is 0 Å². The highest BCUT2D eigenvalue weighted by Gasteiger charge is 2.02. The van der Waals surface area contributed by atoms with Crippen LogP contribution in [0.5, 0.6) is 0 Å². The summed E-state index contributed by atoms with van der Waals surface area (Å²) < 4.78 is 5.01. The minimum atomic E-state index is 0.682. The van der Waals surface area contributed by atoms with Gasteiger partial charge in [0.15, 0.2) is 0 Å². The van der Waals surface area contributed by atoms with Gasteiger partial charge in [-0.2, -0.15) is 0 Å². The van der Waals surface area contributed by atoms with Crippen molar-refractivity contribution in [2.75, 3.05) is 26.0 Å². The number of nitrogens with zero attached hydrogens (tertiary/aromatic N) is 1. The summed E-state index contributed by atoms with van der Waals surface area (Å²) in [4.78, 5) is 4.46. The molecule has 1 aromatic rings. The topological polar surface area (TPSA) is 48.1 Å². The van der Waals surface area contributed by atoms with Gasteiger partial charge in [-0.1, -0.05) is 6.07 Å². The zero-order valence-corrected chi connectivity index (χ0v) is 10.8. The van der Waals surface area contributed by atoms with Crippen molar-refractivity contribution in [2.24, 2.45) is 5.73 Å². The Kier molecular flexibility index (Phi) is 6.45. The van der Waals surface area contributed by atoms with Crippen LogP contribution in [0.1, 0.15) is 17.5 Å². The molecule has 2 N–H and O–H groups in total. The van der Waals surface area contributed by atoms with Crippen molar-refractivity contribution in [3.8, 4) is 0 Å². The van der Waals surface area contributed by atoms with Crippen LogP contribution in [0.3, 0.4) is 0 Å². The molecule has 1 rings (SSSR count). The number of hydrogen-bond acceptors (Lipinski definition) is 4. The largest absolute Gasteiger partial charge is 0.385 e. The number of ether oxygens (including phenoxy) is 1. The Bertz CT molecular complexity index is 318. The highest BCUT2D eigenvalue weighted by atomic mass is 32.2. The van der Waals surface area contributed by atoms with E-state index in [1.165, 1.54) is 11.1 Å². The molecular weight excluding hydrogens is 220 g/mol. The van der Waals surface area contributed by atoms with Crippen LogP contribution in [-0.4, -0.2) is 31.0 Å². The fraction of sp³-hybridized carbons (Fsp3) is 0.583. The summed E-state index contributed by atoms with van der Waals surface area (Å²) in [5, 5.41) is 1.12. The Balaban J connectivity index is 2.47. The van der Waals surface area contributed by atoms with Crippen molar-refractivity contribution in [3.63, 3.8) is 0 Å². The van der Waals surface area contributed by atoms with E-state index in [1.807, 2.05) is 6.20 Å². The SMILES string of the molecule is COCCCSc1ncc(CCN)cc1C. The first kappa shape index (κ1) is 13.5. The summed E-state index contributed by atoms with van der Waals surface area (Å²) >= 11 is 1.79. The Labute approximate surface area is 102 Å². The summed E-state index contributed by atoms with van der Waals surface area (Å²) in [6.07, 6.45) is 3.90. The minimum absolute atomic E-state index is 0.682. The third kappa shape index (κ3) is 4.51. The number of nitrogens with two attached hydrogens (primary N) is 1. The lowest BCUT2D eigenvalue weighted by Crippen LogP contribution is -2.03. The molecule has 0 aliphatic carbocycles. The lowest BCUT2D eigenvalue weighted by molar-refractivity contribution is 0.200. The average Bonchev–Trinajstić information content (AvgIpc) is 2.27. The lowest BCUT2D eigenvalue weighted by atomic mass is 10.2. The summed E-state index contributed by atoms with van der Waals surface area (Å²) in [6.45, 7) is 3.60. The fourth-order valence-corrected chi connectivity index (χ4v) is 2.32. The third-order valence-electron chi connectivity index (χ3n) is 2.25. The molecule has 0 radical (unpaired) electrons. The first-order chi connectivity index (χ1) is 7.77. The number of rotatable bonds is 7. The third-order valence-corrected chi connectivity index (χ3v) is 3.45. The number of methoxy groups -OCH3 is 1. The van der Waals surface area contributed by atoms with Crippen LogP contribution in [-0.2, 0) is 11.2 Å². The van der Waals surface area contributed by atoms with Gasteiger partial charge in [0.25, 0.3) is 0 Å². The van der Waals surface area contributed by atoms with Gasteiger partial charge in [-0.3, -0.25) is 0 Å². The van der Waals surface area contributed by atoms with E-state index in [9.17, 15) is 0 Å². The molecule has 0 saturated carbocycles. The van der Waals surface area contributed by atoms with Crippen LogP contribution in [0.15, 0.2) is 17.3 Å². The van der Waals surface area contributed by atoms with Crippen LogP contribution >= 0.6 is 11.8 Å². The zero-order valence-electron chi connectivity index (χ0n) is 10.0. The summed E-state index contributed by atoms with van der Waals surface area (Å²) in [5.74, 6) is 1.05. The van der Waals surface area contributed by atoms with Gasteiger partial charge >= 0.3 is 0 Å². The van der Waals surface area contributed by atoms with Crippen LogP contribution in [0.4, 0.5) is 0 Å². The van der Waals surface area contributed by atoms with Gasteiger partial charge in [-0.25, -0.2) is 4.98 Å². The lowest BCUT2D eigenvalue weighted by Gasteiger charge is -2.06. The fourth-order valence-electron chi connectivity index (χ4n) is 1.45. The molecule has 4 heteroatoms. The van der Waals surface area contributed by atoms with Crippen LogP contribution in [0, 0.1) is 6.92 Å². The monoisotopic (exact) mass is 240 g/mol. The second-order valence-corrected chi connectivity index (χ2v) is 4.78. The van der Waals surface area contributed by atoms with E-state index in [0.717, 1.165) is 30.2 Å². The Hall–Kier alpha value is -0.580. The van der Waals surface area contributed by atoms with Crippen molar-refractivity contribution in [1.29, 1.82) is 0 Å². The summed E-state index contributed by atoms with van der Waals surface area (Å²) in [6, 6.07) is 2.18. The Morgan fingerprint density at radius 3 is 2.94 bits per heavy atom. The highest BCUT2D eigenvalue weighted by molar-refractivity contribution is 7.99. The maximum Gasteiger partial charge on any atom is 0.0989 e. The minimum Gasteiger partial charge on any atom is -0.385 e. The molecule has 0 unspecified atom stereocenters. The maximum absolute atomic E-state index is 5.52. The smallest absolute Gasteiger partial charge is 0.0989 e. The molecule has 0 aromatic carbocycles. The molecule has 1 aromatic heterocycles. The molecular formula is C12H20N2OS. The molecule has 0 spiro atoms. The van der Waals surface area contributed by atoms with Crippen LogP contribution < -0.4 is 5.73 Å². The molecule has 0 aliphatic heterocycles. The van der Waals surface area contributed by atoms with Gasteiger partial charge < -0.3 is 10.5 Å². The molecule has 0 atom stereocenters. The Morgan fingerprint density at radius 1 is 1.50 bits per heavy atom. The van der Waals surface area contributed by atoms with E-state index >= 15 is 0 Å². The second kappa shape index (κ2) is 7.65. The molecule has 16 heavy (non-hydrogen) atoms. The van der Waals surface area contributed by atoms with Crippen molar-refractivity contribution in [2.45, 2.75) is 24.8 Å².